The van der Waals surface area contributed by atoms with Crippen molar-refractivity contribution in [3.05, 3.63) is 53.1 Å². The van der Waals surface area contributed by atoms with Gasteiger partial charge in [0.2, 0.25) is 11.1 Å². The van der Waals surface area contributed by atoms with Gasteiger partial charge in [0.1, 0.15) is 5.75 Å². The molecule has 146 valence electrons. The number of aromatic nitrogens is 4. The summed E-state index contributed by atoms with van der Waals surface area (Å²) >= 11 is 6.56. The van der Waals surface area contributed by atoms with Crippen LogP contribution in [-0.2, 0) is 11.0 Å². The number of halogens is 4. The predicted molar refractivity (Wildman–Crippen MR) is 96.6 cm³/mol. The Morgan fingerprint density at radius 1 is 1.21 bits per heavy atom. The van der Waals surface area contributed by atoms with Gasteiger partial charge in [-0.3, -0.25) is 4.79 Å². The monoisotopic (exact) mass is 429 g/mol. The summed E-state index contributed by atoms with van der Waals surface area (Å²) in [7, 11) is 0. The molecule has 1 amide bonds. The number of nitrogens with one attached hydrogen (secondary N) is 1. The molecule has 7 nitrogen and oxygen atoms in total. The highest BCUT2D eigenvalue weighted by molar-refractivity contribution is 7.99. The van der Waals surface area contributed by atoms with Crippen LogP contribution >= 0.6 is 23.4 Å². The number of hydrogen-bond donors (Lipinski definition) is 2. The highest BCUT2D eigenvalue weighted by Crippen LogP contribution is 2.36. The van der Waals surface area contributed by atoms with Gasteiger partial charge < -0.3 is 10.4 Å². The minimum Gasteiger partial charge on any atom is -0.508 e. The van der Waals surface area contributed by atoms with Crippen LogP contribution in [0, 0.1) is 0 Å². The molecule has 2 N–H and O–H groups in total. The fraction of sp³-hybridized carbons (Fsp3) is 0.125. The predicted octanol–water partition coefficient (Wildman–Crippen LogP) is 3.77. The van der Waals surface area contributed by atoms with E-state index in [1.165, 1.54) is 22.9 Å². The molecule has 0 spiro atoms. The molecule has 1 heterocycles. The lowest BCUT2D eigenvalue weighted by Crippen LogP contribution is -2.18. The van der Waals surface area contributed by atoms with Crippen LogP contribution in [0.3, 0.4) is 0 Å². The maximum atomic E-state index is 13.1. The molecular formula is C16H11ClF3N5O2S. The Kier molecular flexibility index (Phi) is 5.75. The number of phenolic OH excluding ortho intramolecular Hbond substituents is 1. The van der Waals surface area contributed by atoms with Gasteiger partial charge in [0.15, 0.2) is 0 Å². The van der Waals surface area contributed by atoms with E-state index in [-0.39, 0.29) is 27.4 Å². The third-order valence-corrected chi connectivity index (χ3v) is 4.58. The zero-order chi connectivity index (χ0) is 20.3. The molecule has 2 aromatic carbocycles. The number of amides is 1. The van der Waals surface area contributed by atoms with Gasteiger partial charge in [0.05, 0.1) is 22.7 Å². The SMILES string of the molecule is O=C(CSc1nnnn1-c1ccc(O)cc1)Nc1ccc(Cl)cc1C(F)(F)F. The zero-order valence-electron chi connectivity index (χ0n) is 13.8. The number of hydrogen-bond acceptors (Lipinski definition) is 6. The van der Waals surface area contributed by atoms with Gasteiger partial charge in [0, 0.05) is 5.02 Å². The van der Waals surface area contributed by atoms with Crippen LogP contribution in [-0.4, -0.2) is 37.0 Å². The van der Waals surface area contributed by atoms with E-state index in [9.17, 15) is 23.1 Å². The summed E-state index contributed by atoms with van der Waals surface area (Å²) in [5.74, 6) is -0.829. The van der Waals surface area contributed by atoms with Crippen LogP contribution in [0.2, 0.25) is 5.02 Å². The van der Waals surface area contributed by atoms with Crippen LogP contribution in [0.5, 0.6) is 5.75 Å². The Balaban J connectivity index is 1.70. The van der Waals surface area contributed by atoms with E-state index in [1.807, 2.05) is 0 Å². The number of nitrogens with zero attached hydrogens (tertiary/aromatic N) is 4. The van der Waals surface area contributed by atoms with E-state index >= 15 is 0 Å². The van der Waals surface area contributed by atoms with Gasteiger partial charge >= 0.3 is 6.18 Å². The first-order valence-corrected chi connectivity index (χ1v) is 8.97. The number of tetrazole rings is 1. The average Bonchev–Trinajstić information content (AvgIpc) is 3.10. The number of aromatic hydroxyl groups is 1. The quantitative estimate of drug-likeness (QED) is 0.600. The zero-order valence-corrected chi connectivity index (χ0v) is 15.4. The van der Waals surface area contributed by atoms with Gasteiger partial charge in [-0.15, -0.1) is 5.10 Å². The van der Waals surface area contributed by atoms with Crippen molar-refractivity contribution in [3.8, 4) is 11.4 Å². The fourth-order valence-corrected chi connectivity index (χ4v) is 3.06. The molecule has 0 bridgehead atoms. The second-order valence-corrected chi connectivity index (χ2v) is 6.79. The third kappa shape index (κ3) is 4.73. The van der Waals surface area contributed by atoms with Crippen LogP contribution < -0.4 is 5.32 Å². The normalized spacial score (nSPS) is 11.4. The molecule has 0 aliphatic rings. The molecule has 0 saturated carbocycles. The summed E-state index contributed by atoms with van der Waals surface area (Å²) in [6.45, 7) is 0. The summed E-state index contributed by atoms with van der Waals surface area (Å²) in [5, 5.41) is 22.8. The Morgan fingerprint density at radius 3 is 2.61 bits per heavy atom. The minimum atomic E-state index is -4.66. The third-order valence-electron chi connectivity index (χ3n) is 3.43. The van der Waals surface area contributed by atoms with Crippen molar-refractivity contribution in [1.82, 2.24) is 20.2 Å². The number of rotatable bonds is 5. The molecular weight excluding hydrogens is 419 g/mol. The summed E-state index contributed by atoms with van der Waals surface area (Å²) < 4.78 is 40.6. The maximum absolute atomic E-state index is 13.1. The molecule has 0 aliphatic carbocycles. The van der Waals surface area contributed by atoms with Gasteiger partial charge in [-0.05, 0) is 52.9 Å². The molecule has 12 heteroatoms. The average molecular weight is 430 g/mol. The molecule has 0 aliphatic heterocycles. The van der Waals surface area contributed by atoms with Crippen molar-refractivity contribution in [2.75, 3.05) is 11.1 Å². The molecule has 3 aromatic rings. The van der Waals surface area contributed by atoms with Crippen molar-refractivity contribution in [3.63, 3.8) is 0 Å². The highest BCUT2D eigenvalue weighted by Gasteiger charge is 2.34. The summed E-state index contributed by atoms with van der Waals surface area (Å²) in [6.07, 6.45) is -4.66. The smallest absolute Gasteiger partial charge is 0.418 e. The van der Waals surface area contributed by atoms with Crippen LogP contribution in [0.15, 0.2) is 47.6 Å². The van der Waals surface area contributed by atoms with Gasteiger partial charge in [-0.2, -0.15) is 17.9 Å². The first-order chi connectivity index (χ1) is 13.2. The van der Waals surface area contributed by atoms with Gasteiger partial charge in [0.25, 0.3) is 0 Å². The van der Waals surface area contributed by atoms with E-state index in [1.54, 1.807) is 12.1 Å². The second kappa shape index (κ2) is 8.07. The first kappa shape index (κ1) is 20.0. The van der Waals surface area contributed by atoms with Gasteiger partial charge in [-0.25, -0.2) is 0 Å². The molecule has 0 unspecified atom stereocenters. The van der Waals surface area contributed by atoms with E-state index in [0.29, 0.717) is 5.69 Å². The molecule has 1 aromatic heterocycles. The van der Waals surface area contributed by atoms with Crippen molar-refractivity contribution in [1.29, 1.82) is 0 Å². The molecule has 0 fully saturated rings. The number of anilines is 1. The Morgan fingerprint density at radius 2 is 1.93 bits per heavy atom. The van der Waals surface area contributed by atoms with Crippen LogP contribution in [0.4, 0.5) is 18.9 Å². The number of carbonyl (C=O) groups is 1. The second-order valence-electron chi connectivity index (χ2n) is 5.41. The van der Waals surface area contributed by atoms with E-state index in [2.05, 4.69) is 20.8 Å². The van der Waals surface area contributed by atoms with Crippen molar-refractivity contribution in [2.24, 2.45) is 0 Å². The van der Waals surface area contributed by atoms with E-state index in [0.717, 1.165) is 23.9 Å². The van der Waals surface area contributed by atoms with Crippen molar-refractivity contribution in [2.45, 2.75) is 11.3 Å². The van der Waals surface area contributed by atoms with E-state index in [4.69, 9.17) is 11.6 Å². The number of benzene rings is 2. The highest BCUT2D eigenvalue weighted by atomic mass is 35.5. The Bertz CT molecular complexity index is 995. The lowest BCUT2D eigenvalue weighted by atomic mass is 10.1. The molecule has 0 saturated heterocycles. The van der Waals surface area contributed by atoms with Crippen molar-refractivity contribution >= 4 is 35.0 Å². The number of thioether (sulfide) groups is 1. The van der Waals surface area contributed by atoms with Crippen LogP contribution in [0.25, 0.3) is 5.69 Å². The summed E-state index contributed by atoms with van der Waals surface area (Å²) in [4.78, 5) is 12.1. The number of carbonyl (C=O) groups excluding carboxylic acids is 1. The molecule has 0 radical (unpaired) electrons. The summed E-state index contributed by atoms with van der Waals surface area (Å²) in [6, 6.07) is 9.11. The lowest BCUT2D eigenvalue weighted by Gasteiger charge is -2.14. The molecule has 0 atom stereocenters. The fourth-order valence-electron chi connectivity index (χ4n) is 2.20. The standard InChI is InChI=1S/C16H11ClF3N5O2S/c17-9-1-6-13(12(7-9)16(18,19)20)21-14(27)8-28-15-22-23-24-25(15)10-2-4-11(26)5-3-10/h1-7,26H,8H2,(H,21,27). The Labute approximate surface area is 165 Å². The summed E-state index contributed by atoms with van der Waals surface area (Å²) in [5.41, 5.74) is -0.879. The van der Waals surface area contributed by atoms with E-state index < -0.39 is 17.6 Å². The lowest BCUT2D eigenvalue weighted by molar-refractivity contribution is -0.137. The first-order valence-electron chi connectivity index (χ1n) is 7.61. The molecule has 28 heavy (non-hydrogen) atoms. The topological polar surface area (TPSA) is 92.9 Å². The Hall–Kier alpha value is -2.79. The van der Waals surface area contributed by atoms with Crippen molar-refractivity contribution < 1.29 is 23.1 Å². The van der Waals surface area contributed by atoms with Gasteiger partial charge in [-0.1, -0.05) is 23.4 Å². The maximum Gasteiger partial charge on any atom is 0.418 e. The molecule has 3 rings (SSSR count). The van der Waals surface area contributed by atoms with Crippen LogP contribution in [0.1, 0.15) is 5.56 Å². The number of phenols is 1. The minimum absolute atomic E-state index is 0.0637. The largest absolute Gasteiger partial charge is 0.508 e. The number of alkyl halides is 3.